The molecule has 2 saturated heterocycles. The van der Waals surface area contributed by atoms with Crippen molar-refractivity contribution in [1.29, 1.82) is 0 Å². The molecule has 21 heteroatoms. The van der Waals surface area contributed by atoms with E-state index in [9.17, 15) is 43.5 Å². The summed E-state index contributed by atoms with van der Waals surface area (Å²) in [5.41, 5.74) is 5.94. The van der Waals surface area contributed by atoms with Gasteiger partial charge in [-0.15, -0.1) is 0 Å². The average Bonchev–Trinajstić information content (AvgIpc) is 3.61. The van der Waals surface area contributed by atoms with Crippen LogP contribution in [-0.4, -0.2) is 129 Å². The number of nitrogens with zero attached hydrogens (tertiary/aromatic N) is 1. The number of benzene rings is 2. The second-order valence-electron chi connectivity index (χ2n) is 23.1. The minimum Gasteiger partial charge on any atom is -0.495 e. The summed E-state index contributed by atoms with van der Waals surface area (Å²) in [7, 11) is 4.49. The highest BCUT2D eigenvalue weighted by Gasteiger charge is 2.64. The number of ether oxygens (including phenoxy) is 6. The lowest BCUT2D eigenvalue weighted by atomic mass is 9.78. The lowest BCUT2D eigenvalue weighted by molar-refractivity contribution is -0.187. The molecule has 6 rings (SSSR count). The molecule has 0 spiro atoms. The van der Waals surface area contributed by atoms with E-state index < -0.39 is 83.4 Å². The Balaban J connectivity index is 1.15. The van der Waals surface area contributed by atoms with Crippen molar-refractivity contribution in [2.24, 2.45) is 29.4 Å². The molecule has 4 bridgehead atoms. The Hall–Kier alpha value is -6.35. The van der Waals surface area contributed by atoms with Gasteiger partial charge in [-0.1, -0.05) is 68.7 Å². The molecular weight excluding hydrogens is 1080 g/mol. The van der Waals surface area contributed by atoms with Crippen molar-refractivity contribution < 1.29 is 71.9 Å². The number of hydrogen-bond acceptors (Lipinski definition) is 15. The molecule has 5 amide bonds. The number of hydrogen-bond donors (Lipinski definition) is 5. The van der Waals surface area contributed by atoms with Crippen LogP contribution < -0.4 is 31.3 Å². The van der Waals surface area contributed by atoms with Gasteiger partial charge in [0.15, 0.2) is 5.78 Å². The first-order chi connectivity index (χ1) is 38.9. The summed E-state index contributed by atoms with van der Waals surface area (Å²) in [5, 5.41) is 20.4. The van der Waals surface area contributed by atoms with Crippen LogP contribution >= 0.6 is 11.6 Å². The Morgan fingerprint density at radius 1 is 1.01 bits per heavy atom. The molecule has 2 aromatic carbocycles. The zero-order chi connectivity index (χ0) is 60.1. The molecule has 4 aliphatic rings. The van der Waals surface area contributed by atoms with Gasteiger partial charge in [0.1, 0.15) is 46.1 Å². The van der Waals surface area contributed by atoms with Crippen LogP contribution in [0.15, 0.2) is 54.1 Å². The SMILES string of the molecule is COc1cc2cc(c1Cl)N(C)C(=O)C[C@H](OC(=O)Nc1ccc(CC(=O)[C@H](CCCNC(N)=O)NC(=O)[C@@H](CC(=O)CCCCCOC(=O)C3CCC3)C(C)C)c(C)c1)[C@]1(C)O[C@H]1[C@H](C)[C@@H]1C[C@@](O)(CC(=O)O1)[C@H](OC)/C=C/C=C(\C)C2. The van der Waals surface area contributed by atoms with Gasteiger partial charge in [-0.3, -0.25) is 34.1 Å². The first-order valence-electron chi connectivity index (χ1n) is 28.6. The number of aliphatic hydroxyl groups is 1. The number of fused-ring (bicyclic) bond motifs is 5. The van der Waals surface area contributed by atoms with Crippen molar-refractivity contribution in [2.75, 3.05) is 44.6 Å². The largest absolute Gasteiger partial charge is 0.495 e. The molecular formula is C61H84ClN5O15. The quantitative estimate of drug-likeness (QED) is 0.0304. The van der Waals surface area contributed by atoms with E-state index in [1.165, 1.54) is 19.1 Å². The highest BCUT2D eigenvalue weighted by atomic mass is 35.5. The van der Waals surface area contributed by atoms with Gasteiger partial charge in [0.25, 0.3) is 0 Å². The summed E-state index contributed by atoms with van der Waals surface area (Å²) in [6.07, 6.45) is 5.87. The number of amides is 5. The molecule has 450 valence electrons. The van der Waals surface area contributed by atoms with Gasteiger partial charge in [-0.05, 0) is 119 Å². The number of urea groups is 1. The Morgan fingerprint density at radius 2 is 1.76 bits per heavy atom. The zero-order valence-electron chi connectivity index (χ0n) is 48.9. The number of Topliss-reactive ketones (excluding diaryl/α,β-unsaturated/α-hetero) is 2. The molecule has 6 N–H and O–H groups in total. The summed E-state index contributed by atoms with van der Waals surface area (Å²) in [4.78, 5) is 108. The van der Waals surface area contributed by atoms with Gasteiger partial charge in [0, 0.05) is 63.9 Å². The van der Waals surface area contributed by atoms with Crippen LogP contribution in [0.25, 0.3) is 0 Å². The number of anilines is 2. The third-order valence-electron chi connectivity index (χ3n) is 16.5. The number of halogens is 1. The number of allylic oxidation sites excluding steroid dienone is 3. The van der Waals surface area contributed by atoms with Crippen LogP contribution in [0.1, 0.15) is 135 Å². The molecule has 2 aromatic rings. The third-order valence-corrected chi connectivity index (χ3v) is 16.8. The van der Waals surface area contributed by atoms with E-state index in [1.54, 1.807) is 70.3 Å². The van der Waals surface area contributed by atoms with E-state index in [2.05, 4.69) is 16.0 Å². The Morgan fingerprint density at radius 3 is 2.41 bits per heavy atom. The topological polar surface area (TPSA) is 281 Å². The molecule has 1 aliphatic carbocycles. The standard InChI is InChI=1S/C61H84ClN5O15/c1-35(2)44(31-43(68)19-11-10-12-25-79-57(73)40-17-14-18-40)56(72)66-45(20-15-24-64-58(63)74)47(69)30-41-22-23-42(27-37(41)4)65-59(75)81-51-32-52(70)67(7)46-28-39(29-48(77-8)54(46)62)26-36(3)16-13-21-50(78-9)61(76)33-49(80-53(71)34-61)38(5)55-60(51,6)82-55/h13,16,21-23,27-29,35,38,40,44-45,49-51,55,76H,10-12,14-15,17-20,24-26,30-34H2,1-9H3,(H,65,75)(H,66,72)(H3,63,64,74)/b21-13+,36-16+/t38-,44+,45+,49+,50-,51+,55+,60+,61-/m1/s1. The number of primary amides is 1. The number of unbranched alkanes of at least 4 members (excludes halogenated alkanes) is 2. The highest BCUT2D eigenvalue weighted by Crippen LogP contribution is 2.50. The number of methoxy groups -OCH3 is 2. The summed E-state index contributed by atoms with van der Waals surface area (Å²) in [5.74, 6) is -3.22. The first-order valence-corrected chi connectivity index (χ1v) is 28.9. The lowest BCUT2D eigenvalue weighted by Crippen LogP contribution is -2.53. The summed E-state index contributed by atoms with van der Waals surface area (Å²) < 4.78 is 35.1. The van der Waals surface area contributed by atoms with Gasteiger partial charge >= 0.3 is 24.1 Å². The van der Waals surface area contributed by atoms with Gasteiger partial charge in [0.05, 0.1) is 50.3 Å². The fourth-order valence-corrected chi connectivity index (χ4v) is 11.4. The number of rotatable bonds is 23. The second-order valence-corrected chi connectivity index (χ2v) is 23.5. The van der Waals surface area contributed by atoms with Gasteiger partial charge in [-0.2, -0.15) is 0 Å². The Kier molecular flexibility index (Phi) is 23.1. The van der Waals surface area contributed by atoms with Crippen LogP contribution in [-0.2, 0) is 65.3 Å². The number of nitrogens with one attached hydrogen (secondary N) is 3. The summed E-state index contributed by atoms with van der Waals surface area (Å²) >= 11 is 6.85. The number of nitrogens with two attached hydrogens (primary N) is 1. The Bertz CT molecular complexity index is 2730. The van der Waals surface area contributed by atoms with Crippen LogP contribution in [0.2, 0.25) is 5.02 Å². The van der Waals surface area contributed by atoms with E-state index in [0.29, 0.717) is 67.0 Å². The molecule has 1 saturated carbocycles. The van der Waals surface area contributed by atoms with Crippen molar-refractivity contribution in [3.63, 3.8) is 0 Å². The predicted molar refractivity (Wildman–Crippen MR) is 307 cm³/mol. The Labute approximate surface area is 486 Å². The van der Waals surface area contributed by atoms with E-state index in [0.717, 1.165) is 30.4 Å². The van der Waals surface area contributed by atoms with Crippen molar-refractivity contribution in [3.8, 4) is 5.75 Å². The molecule has 3 aliphatic heterocycles. The molecule has 82 heavy (non-hydrogen) atoms. The molecule has 20 nitrogen and oxygen atoms in total. The summed E-state index contributed by atoms with van der Waals surface area (Å²) in [6.45, 7) is 11.4. The average molecular weight is 1160 g/mol. The first kappa shape index (κ1) is 64.8. The van der Waals surface area contributed by atoms with Crippen molar-refractivity contribution >= 4 is 70.4 Å². The molecule has 0 radical (unpaired) electrons. The van der Waals surface area contributed by atoms with Crippen LogP contribution in [0.4, 0.5) is 21.0 Å². The fourth-order valence-electron chi connectivity index (χ4n) is 11.0. The van der Waals surface area contributed by atoms with E-state index in [1.807, 2.05) is 26.8 Å². The van der Waals surface area contributed by atoms with Crippen LogP contribution in [0.3, 0.4) is 0 Å². The van der Waals surface area contributed by atoms with E-state index in [4.69, 9.17) is 45.8 Å². The molecule has 0 unspecified atom stereocenters. The summed E-state index contributed by atoms with van der Waals surface area (Å²) in [6, 6.07) is 6.78. The van der Waals surface area contributed by atoms with Gasteiger partial charge < -0.3 is 54.8 Å². The van der Waals surface area contributed by atoms with Crippen LogP contribution in [0, 0.1) is 30.6 Å². The van der Waals surface area contributed by atoms with Crippen molar-refractivity contribution in [3.05, 3.63) is 75.8 Å². The number of carbonyl (C=O) groups is 8. The smallest absolute Gasteiger partial charge is 0.412 e. The van der Waals surface area contributed by atoms with Gasteiger partial charge in [0.2, 0.25) is 11.8 Å². The maximum Gasteiger partial charge on any atom is 0.412 e. The second kappa shape index (κ2) is 29.3. The number of epoxide rings is 1. The normalized spacial score (nSPS) is 25.6. The predicted octanol–water partition coefficient (Wildman–Crippen LogP) is 8.11. The minimum absolute atomic E-state index is 0.00605. The lowest BCUT2D eigenvalue weighted by Gasteiger charge is -2.41. The maximum absolute atomic E-state index is 14.4. The van der Waals surface area contributed by atoms with Gasteiger partial charge in [-0.25, -0.2) is 9.59 Å². The van der Waals surface area contributed by atoms with Crippen molar-refractivity contribution in [2.45, 2.75) is 180 Å². The fraction of sp³-hybridized carbons (Fsp3) is 0.607. The number of esters is 2. The number of carbonyl (C=O) groups excluding carboxylic acids is 8. The highest BCUT2D eigenvalue weighted by molar-refractivity contribution is 6.35. The van der Waals surface area contributed by atoms with E-state index in [-0.39, 0.29) is 85.9 Å². The third kappa shape index (κ3) is 17.4. The van der Waals surface area contributed by atoms with Crippen molar-refractivity contribution in [1.82, 2.24) is 10.6 Å². The number of aryl methyl sites for hydroxylation is 1. The molecule has 3 heterocycles. The molecule has 3 fully saturated rings. The van der Waals surface area contributed by atoms with E-state index >= 15 is 0 Å². The van der Waals surface area contributed by atoms with Crippen LogP contribution in [0.5, 0.6) is 5.75 Å². The zero-order valence-corrected chi connectivity index (χ0v) is 49.7. The monoisotopic (exact) mass is 1160 g/mol. The molecule has 0 aromatic heterocycles. The minimum atomic E-state index is -1.64. The number of ketones is 2. The molecule has 9 atom stereocenters. The maximum atomic E-state index is 14.4.